The number of carboxylic acid groups (broad SMARTS) is 1. The van der Waals surface area contributed by atoms with E-state index in [9.17, 15) is 4.79 Å². The molecule has 0 fully saturated rings. The topological polar surface area (TPSA) is 101 Å². The molecule has 12 heavy (non-hydrogen) atoms. The molecule has 0 amide bonds. The fourth-order valence-electron chi connectivity index (χ4n) is 0.914. The molecule has 0 aliphatic heterocycles. The summed E-state index contributed by atoms with van der Waals surface area (Å²) < 4.78 is 0. The minimum absolute atomic E-state index is 0.0995. The maximum absolute atomic E-state index is 10.4. The van der Waals surface area contributed by atoms with Gasteiger partial charge in [0.05, 0.1) is 6.20 Å². The van der Waals surface area contributed by atoms with Gasteiger partial charge in [0.15, 0.2) is 0 Å². The molecule has 0 aromatic carbocycles. The fraction of sp³-hybridized carbons (Fsp3) is 0.333. The summed E-state index contributed by atoms with van der Waals surface area (Å²) in [5.41, 5.74) is 5.91. The highest BCUT2D eigenvalue weighted by Gasteiger charge is 2.21. The molecular formula is C6H9N3O3. The zero-order chi connectivity index (χ0) is 9.30. The molecule has 0 saturated carbocycles. The average molecular weight is 171 g/mol. The summed E-state index contributed by atoms with van der Waals surface area (Å²) in [5.74, 6) is -1.20. The molecule has 4 N–H and O–H groups in total. The van der Waals surface area contributed by atoms with Crippen molar-refractivity contribution in [2.75, 3.05) is 0 Å². The van der Waals surface area contributed by atoms with Gasteiger partial charge in [0.2, 0.25) is 0 Å². The lowest BCUT2D eigenvalue weighted by Gasteiger charge is -2.05. The zero-order valence-corrected chi connectivity index (χ0v) is 6.43. The Morgan fingerprint density at radius 2 is 2.42 bits per heavy atom. The molecule has 1 heterocycles. The van der Waals surface area contributed by atoms with Crippen molar-refractivity contribution in [3.8, 4) is 0 Å². The third-order valence-electron chi connectivity index (χ3n) is 1.54. The highest BCUT2D eigenvalue weighted by atomic mass is 16.5. The monoisotopic (exact) mass is 171 g/mol. The first-order valence-corrected chi connectivity index (χ1v) is 3.26. The average Bonchev–Trinajstić information content (AvgIpc) is 2.30. The Kier molecular flexibility index (Phi) is 2.01. The van der Waals surface area contributed by atoms with Crippen LogP contribution in [0, 0.1) is 6.92 Å². The van der Waals surface area contributed by atoms with Crippen LogP contribution in [0.1, 0.15) is 17.3 Å². The van der Waals surface area contributed by atoms with Crippen molar-refractivity contribution in [2.45, 2.75) is 13.0 Å². The van der Waals surface area contributed by atoms with E-state index in [4.69, 9.17) is 16.0 Å². The predicted molar refractivity (Wildman–Crippen MR) is 38.7 cm³/mol. The number of nitrogens with zero attached hydrogens (tertiary/aromatic N) is 2. The first kappa shape index (κ1) is 8.54. The lowest BCUT2D eigenvalue weighted by Crippen LogP contribution is -2.24. The van der Waals surface area contributed by atoms with Gasteiger partial charge in [-0.05, 0) is 12.5 Å². The summed E-state index contributed by atoms with van der Waals surface area (Å²) in [7, 11) is 0. The largest absolute Gasteiger partial charge is 0.480 e. The fourth-order valence-corrected chi connectivity index (χ4v) is 0.914. The maximum atomic E-state index is 10.4. The van der Waals surface area contributed by atoms with E-state index < -0.39 is 12.0 Å². The molecule has 0 spiro atoms. The van der Waals surface area contributed by atoms with Crippen LogP contribution in [-0.2, 0) is 4.79 Å². The van der Waals surface area contributed by atoms with Crippen molar-refractivity contribution in [3.05, 3.63) is 17.5 Å². The van der Waals surface area contributed by atoms with E-state index >= 15 is 0 Å². The first-order chi connectivity index (χ1) is 5.54. The highest BCUT2D eigenvalue weighted by molar-refractivity contribution is 5.74. The number of aromatic nitrogens is 2. The number of aryl methyl sites for hydroxylation is 1. The second kappa shape index (κ2) is 2.82. The summed E-state index contributed by atoms with van der Waals surface area (Å²) in [6, 6.07) is -1.24. The Labute approximate surface area is 68.2 Å². The van der Waals surface area contributed by atoms with E-state index in [1.165, 1.54) is 6.20 Å². The van der Waals surface area contributed by atoms with E-state index in [1.54, 1.807) is 6.92 Å². The van der Waals surface area contributed by atoms with Crippen LogP contribution >= 0.6 is 0 Å². The van der Waals surface area contributed by atoms with Crippen LogP contribution in [0.25, 0.3) is 0 Å². The molecule has 6 nitrogen and oxygen atoms in total. The van der Waals surface area contributed by atoms with Crippen LogP contribution in [0.5, 0.6) is 0 Å². The van der Waals surface area contributed by atoms with E-state index in [2.05, 4.69) is 5.10 Å². The Bertz CT molecular complexity index is 287. The van der Waals surface area contributed by atoms with Crippen molar-refractivity contribution in [3.63, 3.8) is 0 Å². The minimum atomic E-state index is -1.24. The van der Waals surface area contributed by atoms with Gasteiger partial charge in [-0.1, -0.05) is 0 Å². The van der Waals surface area contributed by atoms with Gasteiger partial charge in [0.25, 0.3) is 0 Å². The summed E-state index contributed by atoms with van der Waals surface area (Å²) in [6.07, 6.45) is 1.35. The molecule has 66 valence electrons. The molecule has 6 heteroatoms. The van der Waals surface area contributed by atoms with Crippen LogP contribution in [-0.4, -0.2) is 26.2 Å². The van der Waals surface area contributed by atoms with Gasteiger partial charge in [-0.2, -0.15) is 0 Å². The SMILES string of the molecule is Cc1cnn(O)c1[C@H](N)C(=O)O. The van der Waals surface area contributed by atoms with E-state index in [-0.39, 0.29) is 5.69 Å². The van der Waals surface area contributed by atoms with Gasteiger partial charge < -0.3 is 16.0 Å². The second-order valence-electron chi connectivity index (χ2n) is 2.42. The van der Waals surface area contributed by atoms with Crippen LogP contribution in [0.4, 0.5) is 0 Å². The van der Waals surface area contributed by atoms with Crippen LogP contribution in [0.2, 0.25) is 0 Å². The number of nitrogens with two attached hydrogens (primary N) is 1. The highest BCUT2D eigenvalue weighted by Crippen LogP contribution is 2.13. The summed E-state index contributed by atoms with van der Waals surface area (Å²) in [6.45, 7) is 1.62. The maximum Gasteiger partial charge on any atom is 0.326 e. The quantitative estimate of drug-likeness (QED) is 0.521. The zero-order valence-electron chi connectivity index (χ0n) is 6.43. The van der Waals surface area contributed by atoms with Crippen molar-refractivity contribution in [1.29, 1.82) is 0 Å². The summed E-state index contributed by atoms with van der Waals surface area (Å²) in [5, 5.41) is 21.0. The van der Waals surface area contributed by atoms with Crippen LogP contribution < -0.4 is 5.73 Å². The minimum Gasteiger partial charge on any atom is -0.480 e. The summed E-state index contributed by atoms with van der Waals surface area (Å²) >= 11 is 0. The van der Waals surface area contributed by atoms with E-state index in [1.807, 2.05) is 0 Å². The number of carboxylic acids is 1. The molecule has 0 saturated heterocycles. The first-order valence-electron chi connectivity index (χ1n) is 3.26. The molecule has 1 atom stereocenters. The van der Waals surface area contributed by atoms with Crippen LogP contribution in [0.15, 0.2) is 6.20 Å². The van der Waals surface area contributed by atoms with Crippen molar-refractivity contribution in [1.82, 2.24) is 9.94 Å². The molecule has 1 aromatic rings. The van der Waals surface area contributed by atoms with Crippen molar-refractivity contribution in [2.24, 2.45) is 5.73 Å². The molecule has 0 bridgehead atoms. The number of hydrogen-bond acceptors (Lipinski definition) is 4. The van der Waals surface area contributed by atoms with Gasteiger partial charge in [0.1, 0.15) is 11.7 Å². The lowest BCUT2D eigenvalue weighted by molar-refractivity contribution is -0.139. The van der Waals surface area contributed by atoms with Crippen molar-refractivity contribution >= 4 is 5.97 Å². The van der Waals surface area contributed by atoms with Gasteiger partial charge in [-0.15, -0.1) is 9.94 Å². The molecule has 1 rings (SSSR count). The predicted octanol–water partition coefficient (Wildman–Crippen LogP) is -0.487. The van der Waals surface area contributed by atoms with Crippen molar-refractivity contribution < 1.29 is 15.1 Å². The van der Waals surface area contributed by atoms with E-state index in [0.29, 0.717) is 10.4 Å². The number of carbonyl (C=O) groups is 1. The standard InChI is InChI=1S/C6H9N3O3/c1-3-2-8-9(12)5(3)4(7)6(10)11/h2,4,12H,7H2,1H3,(H,10,11)/t4-/m0/s1. The van der Waals surface area contributed by atoms with Gasteiger partial charge in [-0.25, -0.2) is 0 Å². The van der Waals surface area contributed by atoms with Crippen LogP contribution in [0.3, 0.4) is 0 Å². The smallest absolute Gasteiger partial charge is 0.326 e. The third kappa shape index (κ3) is 1.24. The lowest BCUT2D eigenvalue weighted by atomic mass is 10.1. The Morgan fingerprint density at radius 1 is 1.83 bits per heavy atom. The van der Waals surface area contributed by atoms with Gasteiger partial charge in [-0.3, -0.25) is 4.79 Å². The Morgan fingerprint density at radius 3 is 2.75 bits per heavy atom. The summed E-state index contributed by atoms with van der Waals surface area (Å²) in [4.78, 5) is 10.9. The number of hydrogen-bond donors (Lipinski definition) is 3. The molecule has 0 aliphatic carbocycles. The molecule has 0 unspecified atom stereocenters. The molecule has 1 aromatic heterocycles. The number of rotatable bonds is 2. The Hall–Kier alpha value is -1.56. The second-order valence-corrected chi connectivity index (χ2v) is 2.42. The molecular weight excluding hydrogens is 162 g/mol. The molecule has 0 radical (unpaired) electrons. The molecule has 0 aliphatic rings. The normalized spacial score (nSPS) is 12.8. The third-order valence-corrected chi connectivity index (χ3v) is 1.54. The van der Waals surface area contributed by atoms with Gasteiger partial charge >= 0.3 is 5.97 Å². The van der Waals surface area contributed by atoms with E-state index in [0.717, 1.165) is 0 Å². The number of aliphatic carboxylic acids is 1. The van der Waals surface area contributed by atoms with Gasteiger partial charge in [0, 0.05) is 0 Å². The Balaban J connectivity index is 3.08.